The van der Waals surface area contributed by atoms with Crippen molar-refractivity contribution >= 4 is 17.4 Å². The second kappa shape index (κ2) is 8.39. The first-order chi connectivity index (χ1) is 14.0. The first kappa shape index (κ1) is 24.5. The molecule has 0 saturated heterocycles. The summed E-state index contributed by atoms with van der Waals surface area (Å²) < 4.78 is 73.5. The van der Waals surface area contributed by atoms with Crippen LogP contribution in [-0.4, -0.2) is 44.8 Å². The molecule has 2 aromatic heterocycles. The average Bonchev–Trinajstić information content (AvgIpc) is 3.37. The molecular weight excluding hydrogens is 432 g/mol. The lowest BCUT2D eigenvalue weighted by molar-refractivity contribution is -0.192. The predicted octanol–water partition coefficient (Wildman–Crippen LogP) is 4.55. The van der Waals surface area contributed by atoms with Gasteiger partial charge in [0, 0.05) is 12.1 Å². The van der Waals surface area contributed by atoms with Crippen LogP contribution in [-0.2, 0) is 4.79 Å². The number of aliphatic carboxylic acids is 1. The molecule has 1 amide bonds. The fourth-order valence-electron chi connectivity index (χ4n) is 2.85. The highest BCUT2D eigenvalue weighted by Gasteiger charge is 2.48. The summed E-state index contributed by atoms with van der Waals surface area (Å²) in [5.74, 6) is -2.52. The maximum atomic E-state index is 13.3. The van der Waals surface area contributed by atoms with Gasteiger partial charge in [-0.2, -0.15) is 26.3 Å². The standard InChI is InChI=1S/C17H20F3N3O.C2HF3O2/c1-16(2,3)15(17(18,19)20)22-14(24)12-11-6-4-5-9-23(11)13(21-12)10-7-8-10;3-2(4,5)1(6)7/h4-6,9-10,15H,7-8H2,1-3H3,(H,22,24);(H,6,7)/t15-;/m1./s1. The lowest BCUT2D eigenvalue weighted by Crippen LogP contribution is -2.53. The maximum absolute atomic E-state index is 13.3. The summed E-state index contributed by atoms with van der Waals surface area (Å²) in [5.41, 5.74) is -0.564. The molecule has 1 saturated carbocycles. The summed E-state index contributed by atoms with van der Waals surface area (Å²) in [5, 5.41) is 9.26. The highest BCUT2D eigenvalue weighted by molar-refractivity contribution is 5.99. The SMILES string of the molecule is CC(C)(C)[C@@H](NC(=O)c1nc(C2CC2)n2ccccc12)C(F)(F)F.O=C(O)C(F)(F)F. The number of carboxylic acid groups (broad SMARTS) is 1. The van der Waals surface area contributed by atoms with Crippen LogP contribution in [0.2, 0.25) is 0 Å². The van der Waals surface area contributed by atoms with Crippen LogP contribution in [0.25, 0.3) is 5.52 Å². The molecule has 6 nitrogen and oxygen atoms in total. The van der Waals surface area contributed by atoms with Crippen LogP contribution in [0.4, 0.5) is 26.3 Å². The minimum Gasteiger partial charge on any atom is -0.475 e. The van der Waals surface area contributed by atoms with Crippen molar-refractivity contribution in [2.24, 2.45) is 5.41 Å². The Kier molecular flexibility index (Phi) is 6.62. The van der Waals surface area contributed by atoms with Gasteiger partial charge in [-0.05, 0) is 30.4 Å². The van der Waals surface area contributed by atoms with Crippen LogP contribution in [0.5, 0.6) is 0 Å². The van der Waals surface area contributed by atoms with E-state index in [-0.39, 0.29) is 11.6 Å². The molecule has 0 unspecified atom stereocenters. The summed E-state index contributed by atoms with van der Waals surface area (Å²) in [4.78, 5) is 25.8. The number of hydrogen-bond donors (Lipinski definition) is 2. The van der Waals surface area contributed by atoms with Crippen molar-refractivity contribution in [3.8, 4) is 0 Å². The number of carbonyl (C=O) groups excluding carboxylic acids is 1. The fourth-order valence-corrected chi connectivity index (χ4v) is 2.85. The predicted molar refractivity (Wildman–Crippen MR) is 97.6 cm³/mol. The first-order valence-electron chi connectivity index (χ1n) is 9.18. The van der Waals surface area contributed by atoms with Gasteiger partial charge in [-0.25, -0.2) is 9.78 Å². The third kappa shape index (κ3) is 6.11. The second-order valence-corrected chi connectivity index (χ2v) is 8.17. The van der Waals surface area contributed by atoms with Crippen molar-refractivity contribution in [1.29, 1.82) is 0 Å². The molecule has 172 valence electrons. The Labute approximate surface area is 173 Å². The van der Waals surface area contributed by atoms with E-state index in [2.05, 4.69) is 10.3 Å². The van der Waals surface area contributed by atoms with Crippen LogP contribution in [0.3, 0.4) is 0 Å². The quantitative estimate of drug-likeness (QED) is 0.668. The average molecular weight is 453 g/mol. The smallest absolute Gasteiger partial charge is 0.475 e. The van der Waals surface area contributed by atoms with Crippen LogP contribution in [0.15, 0.2) is 24.4 Å². The van der Waals surface area contributed by atoms with E-state index in [1.807, 2.05) is 6.07 Å². The second-order valence-electron chi connectivity index (χ2n) is 8.17. The minimum absolute atomic E-state index is 0.0519. The van der Waals surface area contributed by atoms with Gasteiger partial charge < -0.3 is 14.8 Å². The normalized spacial score (nSPS) is 15.8. The van der Waals surface area contributed by atoms with Crippen molar-refractivity contribution < 1.29 is 41.0 Å². The molecule has 2 N–H and O–H groups in total. The molecule has 12 heteroatoms. The molecule has 31 heavy (non-hydrogen) atoms. The monoisotopic (exact) mass is 453 g/mol. The van der Waals surface area contributed by atoms with Crippen molar-refractivity contribution in [3.63, 3.8) is 0 Å². The molecule has 1 aliphatic rings. The molecule has 1 atom stereocenters. The summed E-state index contributed by atoms with van der Waals surface area (Å²) >= 11 is 0. The zero-order valence-electron chi connectivity index (χ0n) is 16.8. The molecule has 0 spiro atoms. The largest absolute Gasteiger partial charge is 0.490 e. The zero-order chi connectivity index (χ0) is 23.8. The lowest BCUT2D eigenvalue weighted by Gasteiger charge is -2.32. The van der Waals surface area contributed by atoms with Gasteiger partial charge in [-0.15, -0.1) is 0 Å². The summed E-state index contributed by atoms with van der Waals surface area (Å²) in [6.45, 7) is 4.35. The number of amides is 1. The minimum atomic E-state index is -5.08. The number of rotatable bonds is 3. The Hall–Kier alpha value is -2.79. The fraction of sp³-hybridized carbons (Fsp3) is 0.526. The van der Waals surface area contributed by atoms with Gasteiger partial charge in [0.25, 0.3) is 5.91 Å². The molecule has 0 bridgehead atoms. The Bertz CT molecular complexity index is 941. The molecule has 0 radical (unpaired) electrons. The molecular formula is C19H21F6N3O3. The van der Waals surface area contributed by atoms with Gasteiger partial charge in [-0.3, -0.25) is 4.79 Å². The van der Waals surface area contributed by atoms with Crippen LogP contribution < -0.4 is 5.32 Å². The van der Waals surface area contributed by atoms with Gasteiger partial charge in [0.2, 0.25) is 0 Å². The van der Waals surface area contributed by atoms with E-state index in [0.717, 1.165) is 18.7 Å². The maximum Gasteiger partial charge on any atom is 0.490 e. The molecule has 1 fully saturated rings. The van der Waals surface area contributed by atoms with Crippen molar-refractivity contribution in [1.82, 2.24) is 14.7 Å². The highest BCUT2D eigenvalue weighted by atomic mass is 19.4. The summed E-state index contributed by atoms with van der Waals surface area (Å²) in [7, 11) is 0. The third-order valence-corrected chi connectivity index (χ3v) is 4.44. The van der Waals surface area contributed by atoms with E-state index < -0.39 is 35.7 Å². The third-order valence-electron chi connectivity index (χ3n) is 4.44. The number of halogens is 6. The van der Waals surface area contributed by atoms with E-state index in [4.69, 9.17) is 9.90 Å². The summed E-state index contributed by atoms with van der Waals surface area (Å²) in [6, 6.07) is 3.32. The number of pyridine rings is 1. The van der Waals surface area contributed by atoms with E-state index in [0.29, 0.717) is 5.52 Å². The van der Waals surface area contributed by atoms with Crippen LogP contribution in [0, 0.1) is 5.41 Å². The van der Waals surface area contributed by atoms with Crippen LogP contribution >= 0.6 is 0 Å². The Morgan fingerprint density at radius 2 is 1.68 bits per heavy atom. The van der Waals surface area contributed by atoms with E-state index in [1.165, 1.54) is 20.8 Å². The number of aromatic nitrogens is 2. The number of imidazole rings is 1. The topological polar surface area (TPSA) is 83.7 Å². The number of alkyl halides is 6. The first-order valence-corrected chi connectivity index (χ1v) is 9.18. The number of nitrogens with one attached hydrogen (secondary N) is 1. The number of carbonyl (C=O) groups is 2. The number of nitrogens with zero attached hydrogens (tertiary/aromatic N) is 2. The van der Waals surface area contributed by atoms with E-state index in [1.54, 1.807) is 22.7 Å². The zero-order valence-corrected chi connectivity index (χ0v) is 16.8. The van der Waals surface area contributed by atoms with Gasteiger partial charge >= 0.3 is 18.3 Å². The van der Waals surface area contributed by atoms with Crippen molar-refractivity contribution in [2.75, 3.05) is 0 Å². The van der Waals surface area contributed by atoms with Gasteiger partial charge in [0.15, 0.2) is 5.69 Å². The van der Waals surface area contributed by atoms with Gasteiger partial charge in [0.1, 0.15) is 11.9 Å². The van der Waals surface area contributed by atoms with Crippen molar-refractivity contribution in [3.05, 3.63) is 35.9 Å². The molecule has 1 aliphatic carbocycles. The highest BCUT2D eigenvalue weighted by Crippen LogP contribution is 2.40. The lowest BCUT2D eigenvalue weighted by atomic mass is 9.86. The Balaban J connectivity index is 0.000000423. The molecule has 0 aliphatic heterocycles. The number of carboxylic acids is 1. The van der Waals surface area contributed by atoms with E-state index >= 15 is 0 Å². The summed E-state index contributed by atoms with van der Waals surface area (Å²) in [6.07, 6.45) is -5.84. The molecule has 3 rings (SSSR count). The van der Waals surface area contributed by atoms with E-state index in [9.17, 15) is 31.1 Å². The molecule has 2 aromatic rings. The van der Waals surface area contributed by atoms with Gasteiger partial charge in [0.05, 0.1) is 5.52 Å². The molecule has 2 heterocycles. The number of fused-ring (bicyclic) bond motifs is 1. The Morgan fingerprint density at radius 3 is 2.10 bits per heavy atom. The number of hydrogen-bond acceptors (Lipinski definition) is 3. The van der Waals surface area contributed by atoms with Crippen molar-refractivity contribution in [2.45, 2.75) is 57.9 Å². The Morgan fingerprint density at radius 1 is 1.13 bits per heavy atom. The molecule has 0 aromatic carbocycles. The van der Waals surface area contributed by atoms with Gasteiger partial charge in [-0.1, -0.05) is 26.8 Å². The van der Waals surface area contributed by atoms with Crippen LogP contribution in [0.1, 0.15) is 55.8 Å².